The molecule has 0 fully saturated rings. The Balaban J connectivity index is 1.80. The Morgan fingerprint density at radius 1 is 1.47 bits per heavy atom. The Morgan fingerprint density at radius 3 is 3.11 bits per heavy atom. The molecule has 0 unspecified atom stereocenters. The van der Waals surface area contributed by atoms with E-state index in [2.05, 4.69) is 15.3 Å². The van der Waals surface area contributed by atoms with Crippen molar-refractivity contribution in [2.24, 2.45) is 0 Å². The van der Waals surface area contributed by atoms with Gasteiger partial charge in [-0.1, -0.05) is 6.07 Å². The lowest BCUT2D eigenvalue weighted by Crippen LogP contribution is -2.21. The van der Waals surface area contributed by atoms with Crippen molar-refractivity contribution in [1.82, 2.24) is 15.3 Å². The summed E-state index contributed by atoms with van der Waals surface area (Å²) in [5.74, 6) is -0.517. The van der Waals surface area contributed by atoms with Crippen LogP contribution in [0, 0.1) is 5.82 Å². The summed E-state index contributed by atoms with van der Waals surface area (Å²) in [6.07, 6.45) is 3.20. The molecule has 4 nitrogen and oxygen atoms in total. The van der Waals surface area contributed by atoms with E-state index < -0.39 is 0 Å². The standard InChI is InChI=1S/C13H10FN3OS/c14-10-2-1-3-11-9(10)4-12(19-11)13(18)16-6-8-5-15-7-17-8/h1-5,7H,6H2,(H,15,17)(H,16,18). The van der Waals surface area contributed by atoms with Crippen LogP contribution >= 0.6 is 11.3 Å². The van der Waals surface area contributed by atoms with Crippen LogP contribution in [0.3, 0.4) is 0 Å². The molecule has 0 bridgehead atoms. The number of nitrogens with one attached hydrogen (secondary N) is 2. The second kappa shape index (κ2) is 4.81. The van der Waals surface area contributed by atoms with Gasteiger partial charge in [-0.15, -0.1) is 11.3 Å². The third-order valence-electron chi connectivity index (χ3n) is 2.73. The molecular formula is C13H10FN3OS. The monoisotopic (exact) mass is 275 g/mol. The van der Waals surface area contributed by atoms with Crippen LogP contribution in [0.15, 0.2) is 36.8 Å². The van der Waals surface area contributed by atoms with Gasteiger partial charge in [0.1, 0.15) is 5.82 Å². The highest BCUT2D eigenvalue weighted by molar-refractivity contribution is 7.20. The molecule has 2 N–H and O–H groups in total. The molecule has 19 heavy (non-hydrogen) atoms. The van der Waals surface area contributed by atoms with Crippen LogP contribution in [-0.4, -0.2) is 15.9 Å². The van der Waals surface area contributed by atoms with Crippen LogP contribution in [-0.2, 0) is 6.54 Å². The van der Waals surface area contributed by atoms with Crippen molar-refractivity contribution in [3.8, 4) is 0 Å². The summed E-state index contributed by atoms with van der Waals surface area (Å²) < 4.78 is 14.3. The van der Waals surface area contributed by atoms with Gasteiger partial charge in [0.25, 0.3) is 5.91 Å². The summed E-state index contributed by atoms with van der Waals surface area (Å²) in [4.78, 5) is 19.2. The Labute approximate surface area is 112 Å². The van der Waals surface area contributed by atoms with Crippen LogP contribution in [0.5, 0.6) is 0 Å². The lowest BCUT2D eigenvalue weighted by Gasteiger charge is -2.00. The maximum Gasteiger partial charge on any atom is 0.261 e. The zero-order chi connectivity index (χ0) is 13.2. The topological polar surface area (TPSA) is 57.8 Å². The van der Waals surface area contributed by atoms with Crippen LogP contribution in [0.1, 0.15) is 15.4 Å². The van der Waals surface area contributed by atoms with Gasteiger partial charge in [0.15, 0.2) is 0 Å². The molecule has 0 saturated heterocycles. The molecule has 2 heterocycles. The molecule has 0 radical (unpaired) electrons. The molecule has 0 aliphatic heterocycles. The second-order valence-electron chi connectivity index (χ2n) is 4.02. The number of aromatic nitrogens is 2. The van der Waals surface area contributed by atoms with Gasteiger partial charge in [-0.05, 0) is 18.2 Å². The van der Waals surface area contributed by atoms with Crippen LogP contribution < -0.4 is 5.32 Å². The Kier molecular flexibility index (Phi) is 3.00. The van der Waals surface area contributed by atoms with Crippen molar-refractivity contribution in [3.05, 3.63) is 53.2 Å². The maximum absolute atomic E-state index is 13.5. The number of aromatic amines is 1. The molecule has 0 aliphatic carbocycles. The lowest BCUT2D eigenvalue weighted by molar-refractivity contribution is 0.0954. The van der Waals surface area contributed by atoms with Crippen molar-refractivity contribution in [1.29, 1.82) is 0 Å². The molecule has 1 amide bonds. The first-order valence-electron chi connectivity index (χ1n) is 5.67. The van der Waals surface area contributed by atoms with Gasteiger partial charge >= 0.3 is 0 Å². The summed E-state index contributed by atoms with van der Waals surface area (Å²) in [5.41, 5.74) is 0.820. The number of halogens is 1. The fourth-order valence-corrected chi connectivity index (χ4v) is 2.77. The highest BCUT2D eigenvalue weighted by atomic mass is 32.1. The number of benzene rings is 1. The molecule has 1 aromatic carbocycles. The molecule has 0 saturated carbocycles. The first kappa shape index (κ1) is 11.9. The zero-order valence-electron chi connectivity index (χ0n) is 9.81. The van der Waals surface area contributed by atoms with Gasteiger partial charge in [0.05, 0.1) is 23.4 Å². The van der Waals surface area contributed by atoms with E-state index in [0.29, 0.717) is 16.8 Å². The van der Waals surface area contributed by atoms with Gasteiger partial charge in [-0.3, -0.25) is 4.79 Å². The largest absolute Gasteiger partial charge is 0.347 e. The Hall–Kier alpha value is -2.21. The number of hydrogen-bond donors (Lipinski definition) is 2. The number of amides is 1. The predicted octanol–water partition coefficient (Wildman–Crippen LogP) is 2.69. The van der Waals surface area contributed by atoms with Gasteiger partial charge in [-0.25, -0.2) is 9.37 Å². The number of thiophene rings is 1. The zero-order valence-corrected chi connectivity index (χ0v) is 10.6. The summed E-state index contributed by atoms with van der Waals surface area (Å²) in [5, 5.41) is 3.24. The van der Waals surface area contributed by atoms with Crippen LogP contribution in [0.2, 0.25) is 0 Å². The lowest BCUT2D eigenvalue weighted by atomic mass is 10.2. The number of carbonyl (C=O) groups is 1. The molecule has 0 atom stereocenters. The minimum Gasteiger partial charge on any atom is -0.347 e. The summed E-state index contributed by atoms with van der Waals surface area (Å²) in [6, 6.07) is 6.41. The van der Waals surface area contributed by atoms with E-state index in [1.807, 2.05) is 0 Å². The first-order chi connectivity index (χ1) is 9.24. The number of hydrogen-bond acceptors (Lipinski definition) is 3. The minimum absolute atomic E-state index is 0.213. The van der Waals surface area contributed by atoms with E-state index in [0.717, 1.165) is 10.4 Å². The maximum atomic E-state index is 13.5. The number of H-pyrrole nitrogens is 1. The minimum atomic E-state index is -0.304. The van der Waals surface area contributed by atoms with Crippen LogP contribution in [0.25, 0.3) is 10.1 Å². The molecule has 0 spiro atoms. The highest BCUT2D eigenvalue weighted by Gasteiger charge is 2.12. The quantitative estimate of drug-likeness (QED) is 0.772. The molecular weight excluding hydrogens is 265 g/mol. The number of imidazole rings is 1. The number of nitrogens with zero attached hydrogens (tertiary/aromatic N) is 1. The average molecular weight is 275 g/mol. The van der Waals surface area contributed by atoms with Crippen molar-refractivity contribution in [2.75, 3.05) is 0 Å². The van der Waals surface area contributed by atoms with E-state index in [4.69, 9.17) is 0 Å². The summed E-state index contributed by atoms with van der Waals surface area (Å²) in [7, 11) is 0. The van der Waals surface area contributed by atoms with Gasteiger partial charge in [0.2, 0.25) is 0 Å². The third kappa shape index (κ3) is 2.34. The molecule has 2 aromatic heterocycles. The molecule has 6 heteroatoms. The van der Waals surface area contributed by atoms with E-state index in [-0.39, 0.29) is 11.7 Å². The van der Waals surface area contributed by atoms with Gasteiger partial charge < -0.3 is 10.3 Å². The first-order valence-corrected chi connectivity index (χ1v) is 6.49. The average Bonchev–Trinajstić information content (AvgIpc) is 3.05. The van der Waals surface area contributed by atoms with E-state index >= 15 is 0 Å². The fourth-order valence-electron chi connectivity index (χ4n) is 1.78. The van der Waals surface area contributed by atoms with Crippen molar-refractivity contribution >= 4 is 27.3 Å². The molecule has 96 valence electrons. The number of carbonyl (C=O) groups excluding carboxylic acids is 1. The van der Waals surface area contributed by atoms with E-state index in [9.17, 15) is 9.18 Å². The van der Waals surface area contributed by atoms with E-state index in [1.54, 1.807) is 30.7 Å². The highest BCUT2D eigenvalue weighted by Crippen LogP contribution is 2.27. The van der Waals surface area contributed by atoms with E-state index in [1.165, 1.54) is 17.4 Å². The molecule has 0 aliphatic rings. The predicted molar refractivity (Wildman–Crippen MR) is 71.5 cm³/mol. The van der Waals surface area contributed by atoms with Crippen LogP contribution in [0.4, 0.5) is 4.39 Å². The van der Waals surface area contributed by atoms with Gasteiger partial charge in [-0.2, -0.15) is 0 Å². The van der Waals surface area contributed by atoms with Gasteiger partial charge in [0, 0.05) is 16.3 Å². The van der Waals surface area contributed by atoms with Crippen molar-refractivity contribution in [2.45, 2.75) is 6.54 Å². The molecule has 3 aromatic rings. The fraction of sp³-hybridized carbons (Fsp3) is 0.0769. The third-order valence-corrected chi connectivity index (χ3v) is 3.83. The summed E-state index contributed by atoms with van der Waals surface area (Å²) >= 11 is 1.28. The summed E-state index contributed by atoms with van der Waals surface area (Å²) in [6.45, 7) is 0.371. The Bertz CT molecular complexity index is 721. The Morgan fingerprint density at radius 2 is 2.37 bits per heavy atom. The normalized spacial score (nSPS) is 10.8. The number of fused-ring (bicyclic) bond motifs is 1. The number of rotatable bonds is 3. The molecule has 3 rings (SSSR count). The smallest absolute Gasteiger partial charge is 0.261 e. The SMILES string of the molecule is O=C(NCc1cnc[nH]1)c1cc2c(F)cccc2s1. The van der Waals surface area contributed by atoms with Crippen molar-refractivity contribution < 1.29 is 9.18 Å². The van der Waals surface area contributed by atoms with Crippen molar-refractivity contribution in [3.63, 3.8) is 0 Å². The second-order valence-corrected chi connectivity index (χ2v) is 5.11.